The van der Waals surface area contributed by atoms with E-state index in [0.29, 0.717) is 12.0 Å². The van der Waals surface area contributed by atoms with E-state index in [1.807, 2.05) is 0 Å². The van der Waals surface area contributed by atoms with Crippen LogP contribution >= 0.6 is 0 Å². The predicted octanol–water partition coefficient (Wildman–Crippen LogP) is 2.81. The van der Waals surface area contributed by atoms with Crippen molar-refractivity contribution in [1.82, 2.24) is 0 Å². The zero-order valence-corrected chi connectivity index (χ0v) is 10.7. The molecular formula is C13H27NO. The van der Waals surface area contributed by atoms with Gasteiger partial charge in [-0.25, -0.2) is 0 Å². The maximum Gasteiger partial charge on any atom is 0.0623 e. The van der Waals surface area contributed by atoms with E-state index in [1.165, 1.54) is 19.3 Å². The Morgan fingerprint density at radius 2 is 1.87 bits per heavy atom. The molecule has 4 unspecified atom stereocenters. The van der Waals surface area contributed by atoms with E-state index < -0.39 is 0 Å². The molecule has 0 radical (unpaired) electrons. The van der Waals surface area contributed by atoms with Crippen molar-refractivity contribution in [3.63, 3.8) is 0 Å². The van der Waals surface area contributed by atoms with Crippen LogP contribution in [-0.2, 0) is 4.74 Å². The van der Waals surface area contributed by atoms with Gasteiger partial charge in [0.1, 0.15) is 0 Å². The topological polar surface area (TPSA) is 35.2 Å². The van der Waals surface area contributed by atoms with Gasteiger partial charge in [0.05, 0.1) is 12.7 Å². The van der Waals surface area contributed by atoms with Gasteiger partial charge in [-0.05, 0) is 37.0 Å². The van der Waals surface area contributed by atoms with Crippen LogP contribution in [0.4, 0.5) is 0 Å². The normalized spacial score (nSPS) is 34.4. The average molecular weight is 213 g/mol. The van der Waals surface area contributed by atoms with Gasteiger partial charge in [-0.1, -0.05) is 27.7 Å². The Hall–Kier alpha value is -0.0800. The van der Waals surface area contributed by atoms with Gasteiger partial charge in [0.25, 0.3) is 0 Å². The van der Waals surface area contributed by atoms with Gasteiger partial charge >= 0.3 is 0 Å². The highest BCUT2D eigenvalue weighted by atomic mass is 16.5. The first-order valence-electron chi connectivity index (χ1n) is 6.38. The summed E-state index contributed by atoms with van der Waals surface area (Å²) in [6, 6.07) is 0.194. The Labute approximate surface area is 94.6 Å². The van der Waals surface area contributed by atoms with Crippen LogP contribution in [0, 0.1) is 17.8 Å². The molecule has 0 saturated heterocycles. The van der Waals surface area contributed by atoms with E-state index in [4.69, 9.17) is 10.5 Å². The third-order valence-electron chi connectivity index (χ3n) is 3.93. The highest BCUT2D eigenvalue weighted by Gasteiger charge is 2.25. The van der Waals surface area contributed by atoms with Crippen LogP contribution in [0.5, 0.6) is 0 Å². The number of hydrogen-bond acceptors (Lipinski definition) is 2. The molecule has 0 aromatic heterocycles. The molecule has 2 nitrogen and oxygen atoms in total. The molecule has 0 spiro atoms. The number of nitrogens with two attached hydrogens (primary N) is 1. The van der Waals surface area contributed by atoms with Crippen molar-refractivity contribution in [3.8, 4) is 0 Å². The Morgan fingerprint density at radius 3 is 2.40 bits per heavy atom. The Kier molecular flexibility index (Phi) is 5.07. The minimum atomic E-state index is 0.194. The molecule has 1 aliphatic rings. The predicted molar refractivity (Wildman–Crippen MR) is 64.7 cm³/mol. The summed E-state index contributed by atoms with van der Waals surface area (Å²) in [5, 5.41) is 0. The molecule has 2 N–H and O–H groups in total. The first-order valence-corrected chi connectivity index (χ1v) is 6.38. The van der Waals surface area contributed by atoms with Crippen molar-refractivity contribution in [3.05, 3.63) is 0 Å². The summed E-state index contributed by atoms with van der Waals surface area (Å²) in [6.45, 7) is 9.71. The third-order valence-corrected chi connectivity index (χ3v) is 3.93. The van der Waals surface area contributed by atoms with Gasteiger partial charge < -0.3 is 10.5 Å². The van der Waals surface area contributed by atoms with Crippen LogP contribution in [0.2, 0.25) is 0 Å². The average Bonchev–Trinajstić information content (AvgIpc) is 2.19. The lowest BCUT2D eigenvalue weighted by atomic mass is 9.80. The lowest BCUT2D eigenvalue weighted by molar-refractivity contribution is -0.00766. The molecular weight excluding hydrogens is 186 g/mol. The van der Waals surface area contributed by atoms with E-state index in [-0.39, 0.29) is 6.04 Å². The van der Waals surface area contributed by atoms with Gasteiger partial charge in [0.2, 0.25) is 0 Å². The van der Waals surface area contributed by atoms with Crippen LogP contribution in [0.25, 0.3) is 0 Å². The molecule has 90 valence electrons. The zero-order valence-electron chi connectivity index (χ0n) is 10.7. The maximum absolute atomic E-state index is 5.97. The highest BCUT2D eigenvalue weighted by Crippen LogP contribution is 2.30. The molecule has 0 aromatic rings. The molecule has 0 heterocycles. The van der Waals surface area contributed by atoms with E-state index >= 15 is 0 Å². The molecule has 2 heteroatoms. The van der Waals surface area contributed by atoms with Crippen molar-refractivity contribution in [2.45, 2.75) is 59.1 Å². The lowest BCUT2D eigenvalue weighted by Crippen LogP contribution is -2.35. The number of rotatable bonds is 4. The molecule has 1 rings (SSSR count). The van der Waals surface area contributed by atoms with E-state index in [0.717, 1.165) is 18.4 Å². The minimum absolute atomic E-state index is 0.194. The van der Waals surface area contributed by atoms with Gasteiger partial charge in [0.15, 0.2) is 0 Å². The summed E-state index contributed by atoms with van der Waals surface area (Å²) < 4.78 is 5.90. The second-order valence-electron chi connectivity index (χ2n) is 5.63. The Morgan fingerprint density at radius 1 is 1.20 bits per heavy atom. The van der Waals surface area contributed by atoms with E-state index in [1.54, 1.807) is 0 Å². The molecule has 4 atom stereocenters. The highest BCUT2D eigenvalue weighted by molar-refractivity contribution is 4.76. The Bertz CT molecular complexity index is 181. The quantitative estimate of drug-likeness (QED) is 0.779. The second kappa shape index (κ2) is 5.86. The summed E-state index contributed by atoms with van der Waals surface area (Å²) >= 11 is 0. The molecule has 15 heavy (non-hydrogen) atoms. The van der Waals surface area contributed by atoms with Gasteiger partial charge in [0, 0.05) is 6.04 Å². The van der Waals surface area contributed by atoms with E-state index in [9.17, 15) is 0 Å². The zero-order chi connectivity index (χ0) is 11.4. The summed E-state index contributed by atoms with van der Waals surface area (Å²) in [5.74, 6) is 2.19. The standard InChI is InChI=1S/C13H27NO/c1-9(2)13(14)8-15-12-6-5-10(3)11(4)7-12/h9-13H,5-8,14H2,1-4H3. The van der Waals surface area contributed by atoms with Gasteiger partial charge in [-0.15, -0.1) is 0 Å². The second-order valence-corrected chi connectivity index (χ2v) is 5.63. The fourth-order valence-corrected chi connectivity index (χ4v) is 2.09. The largest absolute Gasteiger partial charge is 0.377 e. The molecule has 0 aliphatic heterocycles. The van der Waals surface area contributed by atoms with Crippen LogP contribution in [0.15, 0.2) is 0 Å². The molecule has 1 fully saturated rings. The number of hydrogen-bond donors (Lipinski definition) is 1. The van der Waals surface area contributed by atoms with Crippen molar-refractivity contribution in [1.29, 1.82) is 0 Å². The maximum atomic E-state index is 5.97. The Balaban J connectivity index is 2.22. The third kappa shape index (κ3) is 4.12. The fraction of sp³-hybridized carbons (Fsp3) is 1.00. The van der Waals surface area contributed by atoms with E-state index in [2.05, 4.69) is 27.7 Å². The summed E-state index contributed by atoms with van der Waals surface area (Å²) in [7, 11) is 0. The summed E-state index contributed by atoms with van der Waals surface area (Å²) in [6.07, 6.45) is 4.20. The van der Waals surface area contributed by atoms with Crippen molar-refractivity contribution in [2.24, 2.45) is 23.5 Å². The van der Waals surface area contributed by atoms with Crippen LogP contribution in [-0.4, -0.2) is 18.8 Å². The number of ether oxygens (including phenoxy) is 1. The molecule has 0 aromatic carbocycles. The minimum Gasteiger partial charge on any atom is -0.377 e. The monoisotopic (exact) mass is 213 g/mol. The molecule has 1 saturated carbocycles. The van der Waals surface area contributed by atoms with Crippen molar-refractivity contribution >= 4 is 0 Å². The molecule has 0 bridgehead atoms. The summed E-state index contributed by atoms with van der Waals surface area (Å²) in [4.78, 5) is 0. The first kappa shape index (κ1) is 13.0. The first-order chi connectivity index (χ1) is 7.00. The van der Waals surface area contributed by atoms with Crippen LogP contribution in [0.1, 0.15) is 47.0 Å². The molecule has 1 aliphatic carbocycles. The fourth-order valence-electron chi connectivity index (χ4n) is 2.09. The van der Waals surface area contributed by atoms with Crippen molar-refractivity contribution in [2.75, 3.05) is 6.61 Å². The SMILES string of the molecule is CC(C)C(N)COC1CCC(C)C(C)C1. The van der Waals surface area contributed by atoms with Gasteiger partial charge in [-0.2, -0.15) is 0 Å². The molecule has 0 amide bonds. The van der Waals surface area contributed by atoms with Crippen molar-refractivity contribution < 1.29 is 4.74 Å². The summed E-state index contributed by atoms with van der Waals surface area (Å²) in [5.41, 5.74) is 5.97. The van der Waals surface area contributed by atoms with Crippen LogP contribution < -0.4 is 5.73 Å². The lowest BCUT2D eigenvalue weighted by Gasteiger charge is -2.32. The van der Waals surface area contributed by atoms with Gasteiger partial charge in [-0.3, -0.25) is 0 Å². The van der Waals surface area contributed by atoms with Crippen LogP contribution in [0.3, 0.4) is 0 Å². The smallest absolute Gasteiger partial charge is 0.0623 e.